The highest BCUT2D eigenvalue weighted by Crippen LogP contribution is 2.60. The molecule has 1 aromatic rings. The molecule has 0 aromatic carbocycles. The number of amides is 1. The number of hydrogen-bond acceptors (Lipinski definition) is 5. The Morgan fingerprint density at radius 2 is 2.00 bits per heavy atom. The van der Waals surface area contributed by atoms with Crippen LogP contribution in [-0.4, -0.2) is 52.0 Å². The molecule has 3 aliphatic rings. The molecule has 1 unspecified atom stereocenters. The van der Waals surface area contributed by atoms with E-state index >= 15 is 0 Å². The molecule has 3 fully saturated rings. The second kappa shape index (κ2) is 6.47. The van der Waals surface area contributed by atoms with Crippen LogP contribution in [0.2, 0.25) is 0 Å². The van der Waals surface area contributed by atoms with Gasteiger partial charge >= 0.3 is 0 Å². The van der Waals surface area contributed by atoms with Crippen molar-refractivity contribution < 1.29 is 9.32 Å². The second-order valence-corrected chi connectivity index (χ2v) is 7.78. The van der Waals surface area contributed by atoms with E-state index in [9.17, 15) is 4.79 Å². The van der Waals surface area contributed by atoms with Gasteiger partial charge in [-0.25, -0.2) is 0 Å². The fraction of sp³-hybridized carbons (Fsp3) is 0.833. The van der Waals surface area contributed by atoms with Crippen LogP contribution in [0.25, 0.3) is 0 Å². The van der Waals surface area contributed by atoms with Crippen molar-refractivity contribution in [1.29, 1.82) is 0 Å². The van der Waals surface area contributed by atoms with Crippen molar-refractivity contribution in [3.8, 4) is 0 Å². The first kappa shape index (κ1) is 16.1. The fourth-order valence-corrected chi connectivity index (χ4v) is 4.43. The summed E-state index contributed by atoms with van der Waals surface area (Å²) in [5.41, 5.74) is 0.304. The normalized spacial score (nSPS) is 26.2. The molecule has 4 rings (SSSR count). The van der Waals surface area contributed by atoms with Crippen molar-refractivity contribution in [2.45, 2.75) is 58.4 Å². The molecular formula is C18H28N4O2. The second-order valence-electron chi connectivity index (χ2n) is 7.78. The van der Waals surface area contributed by atoms with E-state index < -0.39 is 0 Å². The summed E-state index contributed by atoms with van der Waals surface area (Å²) in [6, 6.07) is 0. The van der Waals surface area contributed by atoms with Gasteiger partial charge in [-0.05, 0) is 57.0 Å². The summed E-state index contributed by atoms with van der Waals surface area (Å²) in [4.78, 5) is 21.5. The van der Waals surface area contributed by atoms with Crippen molar-refractivity contribution in [3.05, 3.63) is 11.7 Å². The number of aromatic nitrogens is 2. The lowest BCUT2D eigenvalue weighted by Crippen LogP contribution is -2.37. The van der Waals surface area contributed by atoms with Crippen molar-refractivity contribution in [1.82, 2.24) is 19.9 Å². The van der Waals surface area contributed by atoms with Crippen molar-refractivity contribution in [2.24, 2.45) is 11.3 Å². The van der Waals surface area contributed by atoms with E-state index in [0.717, 1.165) is 76.5 Å². The van der Waals surface area contributed by atoms with Crippen LogP contribution >= 0.6 is 0 Å². The van der Waals surface area contributed by atoms with E-state index in [4.69, 9.17) is 4.52 Å². The Morgan fingerprint density at radius 3 is 2.71 bits per heavy atom. The minimum atomic E-state index is 0.303. The van der Waals surface area contributed by atoms with E-state index in [1.807, 2.05) is 0 Å². The van der Waals surface area contributed by atoms with Gasteiger partial charge in [-0.2, -0.15) is 4.98 Å². The van der Waals surface area contributed by atoms with Crippen molar-refractivity contribution in [3.63, 3.8) is 0 Å². The van der Waals surface area contributed by atoms with E-state index in [1.54, 1.807) is 0 Å². The van der Waals surface area contributed by atoms with Gasteiger partial charge < -0.3 is 9.42 Å². The monoisotopic (exact) mass is 332 g/mol. The number of nitrogens with zero attached hydrogens (tertiary/aromatic N) is 4. The van der Waals surface area contributed by atoms with Gasteiger partial charge in [0.2, 0.25) is 11.8 Å². The largest absolute Gasteiger partial charge is 0.342 e. The van der Waals surface area contributed by atoms with Crippen LogP contribution in [0.5, 0.6) is 0 Å². The number of piperidine rings is 1. The Balaban J connectivity index is 1.27. The molecule has 0 bridgehead atoms. The molecule has 0 radical (unpaired) electrons. The summed E-state index contributed by atoms with van der Waals surface area (Å²) in [5, 5.41) is 4.03. The number of aryl methyl sites for hydroxylation is 1. The molecule has 1 aromatic heterocycles. The zero-order chi connectivity index (χ0) is 16.6. The number of rotatable bonds is 5. The van der Waals surface area contributed by atoms with Gasteiger partial charge in [0.05, 0.1) is 6.54 Å². The van der Waals surface area contributed by atoms with Gasteiger partial charge in [0, 0.05) is 25.4 Å². The van der Waals surface area contributed by atoms with Crippen LogP contribution in [0.15, 0.2) is 4.52 Å². The summed E-state index contributed by atoms with van der Waals surface area (Å²) in [6.07, 6.45) is 7.66. The molecule has 132 valence electrons. The van der Waals surface area contributed by atoms with Crippen molar-refractivity contribution in [2.75, 3.05) is 26.2 Å². The Morgan fingerprint density at radius 1 is 1.25 bits per heavy atom. The summed E-state index contributed by atoms with van der Waals surface area (Å²) in [7, 11) is 0. The fourth-order valence-electron chi connectivity index (χ4n) is 4.43. The molecule has 2 aliphatic heterocycles. The van der Waals surface area contributed by atoms with E-state index in [-0.39, 0.29) is 0 Å². The molecule has 1 atom stereocenters. The first-order valence-corrected chi connectivity index (χ1v) is 9.53. The molecule has 24 heavy (non-hydrogen) atoms. The Bertz CT molecular complexity index is 586. The third-order valence-corrected chi connectivity index (χ3v) is 6.10. The SMILES string of the molecule is CCCc1noc(CN2CCC3(CC2)CC3C(=O)N2CCCC2)n1. The third kappa shape index (κ3) is 3.08. The molecule has 1 saturated carbocycles. The number of carbonyl (C=O) groups excluding carboxylic acids is 1. The zero-order valence-electron chi connectivity index (χ0n) is 14.7. The highest BCUT2D eigenvalue weighted by Gasteiger charge is 2.59. The van der Waals surface area contributed by atoms with Crippen LogP contribution in [0.1, 0.15) is 57.2 Å². The highest BCUT2D eigenvalue weighted by molar-refractivity contribution is 5.83. The molecule has 1 aliphatic carbocycles. The summed E-state index contributed by atoms with van der Waals surface area (Å²) in [6.45, 7) is 6.90. The number of hydrogen-bond donors (Lipinski definition) is 0. The van der Waals surface area contributed by atoms with Gasteiger partial charge in [0.25, 0.3) is 0 Å². The van der Waals surface area contributed by atoms with E-state index in [1.165, 1.54) is 12.8 Å². The first-order valence-electron chi connectivity index (χ1n) is 9.53. The van der Waals surface area contributed by atoms with Gasteiger partial charge in [-0.3, -0.25) is 9.69 Å². The minimum Gasteiger partial charge on any atom is -0.342 e. The lowest BCUT2D eigenvalue weighted by molar-refractivity contribution is -0.132. The molecule has 6 nitrogen and oxygen atoms in total. The van der Waals surface area contributed by atoms with Crippen molar-refractivity contribution >= 4 is 5.91 Å². The molecule has 0 N–H and O–H groups in total. The lowest BCUT2D eigenvalue weighted by Gasteiger charge is -2.32. The zero-order valence-corrected chi connectivity index (χ0v) is 14.7. The maximum atomic E-state index is 12.6. The number of carbonyl (C=O) groups is 1. The smallest absolute Gasteiger partial charge is 0.240 e. The summed E-state index contributed by atoms with van der Waals surface area (Å²) >= 11 is 0. The molecular weight excluding hydrogens is 304 g/mol. The average molecular weight is 332 g/mol. The van der Waals surface area contributed by atoms with Gasteiger partial charge in [-0.1, -0.05) is 12.1 Å². The molecule has 1 amide bonds. The number of likely N-dealkylation sites (tertiary alicyclic amines) is 2. The maximum absolute atomic E-state index is 12.6. The van der Waals surface area contributed by atoms with Gasteiger partial charge in [0.15, 0.2) is 5.82 Å². The van der Waals surface area contributed by atoms with Gasteiger partial charge in [0.1, 0.15) is 0 Å². The standard InChI is InChI=1S/C18H28N4O2/c1-2-5-15-19-16(24-20-15)13-21-10-6-18(7-11-21)12-14(18)17(23)22-8-3-4-9-22/h14H,2-13H2,1H3. The minimum absolute atomic E-state index is 0.303. The van der Waals surface area contributed by atoms with Crippen LogP contribution in [0, 0.1) is 11.3 Å². The topological polar surface area (TPSA) is 62.5 Å². The average Bonchev–Trinajstić information content (AvgIpc) is 2.99. The predicted octanol–water partition coefficient (Wildman–Crippen LogP) is 2.25. The predicted molar refractivity (Wildman–Crippen MR) is 89.2 cm³/mol. The molecule has 3 heterocycles. The third-order valence-electron chi connectivity index (χ3n) is 6.10. The maximum Gasteiger partial charge on any atom is 0.240 e. The van der Waals surface area contributed by atoms with E-state index in [0.29, 0.717) is 17.2 Å². The Kier molecular flexibility index (Phi) is 4.33. The summed E-state index contributed by atoms with van der Waals surface area (Å²) < 4.78 is 5.35. The molecule has 6 heteroatoms. The van der Waals surface area contributed by atoms with Crippen LogP contribution < -0.4 is 0 Å². The van der Waals surface area contributed by atoms with Gasteiger partial charge in [-0.15, -0.1) is 0 Å². The summed E-state index contributed by atoms with van der Waals surface area (Å²) in [5.74, 6) is 2.29. The molecule has 1 spiro atoms. The quantitative estimate of drug-likeness (QED) is 0.827. The van der Waals surface area contributed by atoms with Crippen LogP contribution in [0.4, 0.5) is 0 Å². The van der Waals surface area contributed by atoms with Crippen LogP contribution in [0.3, 0.4) is 0 Å². The first-order chi connectivity index (χ1) is 11.7. The highest BCUT2D eigenvalue weighted by atomic mass is 16.5. The molecule has 2 saturated heterocycles. The Labute approximate surface area is 143 Å². The lowest BCUT2D eigenvalue weighted by atomic mass is 9.90. The Hall–Kier alpha value is -1.43. The van der Waals surface area contributed by atoms with E-state index in [2.05, 4.69) is 26.9 Å². The van der Waals surface area contributed by atoms with Crippen LogP contribution in [-0.2, 0) is 17.8 Å².